The van der Waals surface area contributed by atoms with Gasteiger partial charge in [-0.15, -0.1) is 0 Å². The Bertz CT molecular complexity index is 1840. The number of hydrogen-bond acceptors (Lipinski definition) is 11. The number of carbonyl (C=O) groups excluding carboxylic acids is 5. The van der Waals surface area contributed by atoms with E-state index in [-0.39, 0.29) is 28.1 Å². The highest BCUT2D eigenvalue weighted by Crippen LogP contribution is 2.36. The molecule has 54 heavy (non-hydrogen) atoms. The quantitative estimate of drug-likeness (QED) is 0.180. The third kappa shape index (κ3) is 10.3. The minimum atomic E-state index is -4.76. The molecule has 4 heterocycles. The highest BCUT2D eigenvalue weighted by Gasteiger charge is 2.43. The number of rotatable bonds is 9. The van der Waals surface area contributed by atoms with Gasteiger partial charge in [-0.1, -0.05) is 44.0 Å². The van der Waals surface area contributed by atoms with E-state index in [2.05, 4.69) is 41.1 Å². The maximum Gasteiger partial charge on any atom is 0.419 e. The van der Waals surface area contributed by atoms with Gasteiger partial charge in [0.25, 0.3) is 23.6 Å². The van der Waals surface area contributed by atoms with E-state index in [4.69, 9.17) is 28.3 Å². The Morgan fingerprint density at radius 3 is 1.54 bits per heavy atom. The second-order valence-electron chi connectivity index (χ2n) is 11.0. The molecule has 5 amide bonds. The molecule has 0 saturated carbocycles. The van der Waals surface area contributed by atoms with Crippen molar-refractivity contribution in [1.82, 2.24) is 24.9 Å². The Balaban J connectivity index is 0.000000320. The van der Waals surface area contributed by atoms with Gasteiger partial charge in [-0.05, 0) is 57.7 Å². The van der Waals surface area contributed by atoms with Gasteiger partial charge in [-0.25, -0.2) is 9.97 Å². The summed E-state index contributed by atoms with van der Waals surface area (Å²) in [6.07, 6.45) is -9.42. The fraction of sp³-hybridized carbons (Fsp3) is 0.406. The minimum absolute atomic E-state index is 0.0398. The molecule has 4 rings (SSSR count). The van der Waals surface area contributed by atoms with Crippen LogP contribution in [0, 0.1) is 0 Å². The number of anilines is 2. The molecule has 0 unspecified atom stereocenters. The van der Waals surface area contributed by atoms with Gasteiger partial charge in [0.1, 0.15) is 16.1 Å². The van der Waals surface area contributed by atoms with E-state index >= 15 is 0 Å². The van der Waals surface area contributed by atoms with Gasteiger partial charge in [0.2, 0.25) is 5.91 Å². The zero-order chi connectivity index (χ0) is 41.5. The number of pyridine rings is 2. The van der Waals surface area contributed by atoms with Crippen LogP contribution >= 0.6 is 23.2 Å². The van der Waals surface area contributed by atoms with Crippen LogP contribution in [0.15, 0.2) is 46.6 Å². The third-order valence-electron chi connectivity index (χ3n) is 7.75. The van der Waals surface area contributed by atoms with Crippen LogP contribution < -0.4 is 10.4 Å². The van der Waals surface area contributed by atoms with Crippen molar-refractivity contribution >= 4 is 64.4 Å². The van der Waals surface area contributed by atoms with Crippen molar-refractivity contribution < 1.29 is 60.5 Å². The number of aliphatic hydroxyl groups is 2. The van der Waals surface area contributed by atoms with Crippen molar-refractivity contribution in [2.24, 2.45) is 0 Å². The molecule has 0 radical (unpaired) electrons. The molecule has 2 aromatic rings. The molecule has 2 aliphatic rings. The van der Waals surface area contributed by atoms with Gasteiger partial charge in [0, 0.05) is 18.1 Å². The summed E-state index contributed by atoms with van der Waals surface area (Å²) < 4.78 is 75.9. The molecule has 0 aliphatic carbocycles. The molecular formula is C32H35Cl2F6N7O7. The summed E-state index contributed by atoms with van der Waals surface area (Å²) in [5.74, 6) is -4.93. The first-order valence-electron chi connectivity index (χ1n) is 15.7. The second kappa shape index (κ2) is 18.6. The van der Waals surface area contributed by atoms with E-state index in [9.17, 15) is 55.4 Å². The number of imide groups is 2. The van der Waals surface area contributed by atoms with E-state index in [1.165, 1.54) is 33.5 Å². The Morgan fingerprint density at radius 1 is 0.741 bits per heavy atom. The zero-order valence-corrected chi connectivity index (χ0v) is 31.0. The molecule has 0 bridgehead atoms. The van der Waals surface area contributed by atoms with Crippen molar-refractivity contribution in [3.05, 3.63) is 68.0 Å². The molecule has 0 atom stereocenters. The van der Waals surface area contributed by atoms with Crippen LogP contribution in [-0.4, -0.2) is 97.5 Å². The first-order chi connectivity index (χ1) is 25.0. The topological polar surface area (TPSA) is 177 Å². The third-order valence-corrected chi connectivity index (χ3v) is 8.32. The van der Waals surface area contributed by atoms with Gasteiger partial charge in [0.05, 0.1) is 35.5 Å². The van der Waals surface area contributed by atoms with Crippen LogP contribution in [0.2, 0.25) is 10.3 Å². The maximum atomic E-state index is 12.8. The molecule has 22 heteroatoms. The number of hydrazine groups is 2. The van der Waals surface area contributed by atoms with E-state index in [1.54, 1.807) is 0 Å². The van der Waals surface area contributed by atoms with Crippen LogP contribution in [-0.2, 0) is 36.3 Å². The maximum absolute atomic E-state index is 12.8. The van der Waals surface area contributed by atoms with E-state index < -0.39 is 82.4 Å². The average Bonchev–Trinajstić information content (AvgIpc) is 3.42. The SMILES string of the molecule is CC(=O)N(c1ccc(C(F)(F)F)c(Cl)n1)N1C(=O)C(C)=C(CO)C1=O.CC1=C(CO)C(=O)N(Nc2ccc(C(F)(F)F)c(Cl)n2)C1=O.CCN(CC)CC. The summed E-state index contributed by atoms with van der Waals surface area (Å²) in [6, 6.07) is 3.00. The second-order valence-corrected chi connectivity index (χ2v) is 11.7. The van der Waals surface area contributed by atoms with Gasteiger partial charge in [-0.2, -0.15) is 41.4 Å². The van der Waals surface area contributed by atoms with Crippen molar-refractivity contribution in [3.8, 4) is 0 Å². The van der Waals surface area contributed by atoms with Crippen LogP contribution in [0.1, 0.15) is 52.7 Å². The molecular weight excluding hydrogens is 779 g/mol. The number of aromatic nitrogens is 2. The number of aliphatic hydroxyl groups excluding tert-OH is 2. The lowest BCUT2D eigenvalue weighted by molar-refractivity contribution is -0.142. The normalized spacial score (nSPS) is 14.8. The summed E-state index contributed by atoms with van der Waals surface area (Å²) in [5, 5.41) is 17.9. The molecule has 0 spiro atoms. The summed E-state index contributed by atoms with van der Waals surface area (Å²) in [5.41, 5.74) is -0.468. The molecule has 2 aromatic heterocycles. The monoisotopic (exact) mass is 813 g/mol. The van der Waals surface area contributed by atoms with E-state index in [0.29, 0.717) is 27.2 Å². The largest absolute Gasteiger partial charge is 0.419 e. The smallest absolute Gasteiger partial charge is 0.391 e. The van der Waals surface area contributed by atoms with Crippen molar-refractivity contribution in [2.75, 3.05) is 43.3 Å². The fourth-order valence-corrected chi connectivity index (χ4v) is 5.18. The standard InChI is InChI=1S/C14H11ClF3N3O4.C12H9ClF3N3O3.C6H15N/c1-6-8(5-22)13(25)21(12(6)24)20(7(2)23)10-4-3-9(11(15)19-10)14(16,17)18;1-5-6(4-20)11(22)19(10(5)21)18-8-3-2-7(9(13)17-8)12(14,15)16;1-4-7(5-2)6-3/h3-4,22H,5H2,1-2H3;2-3,20H,4H2,1H3,(H,17,18);4-6H2,1-3H3. The van der Waals surface area contributed by atoms with Crippen LogP contribution in [0.3, 0.4) is 0 Å². The Hall–Kier alpha value is -4.63. The summed E-state index contributed by atoms with van der Waals surface area (Å²) in [4.78, 5) is 69.4. The molecule has 0 fully saturated rings. The summed E-state index contributed by atoms with van der Waals surface area (Å²) in [7, 11) is 0. The minimum Gasteiger partial charge on any atom is -0.391 e. The number of nitrogens with zero attached hydrogens (tertiary/aromatic N) is 6. The van der Waals surface area contributed by atoms with E-state index in [1.807, 2.05) is 0 Å². The van der Waals surface area contributed by atoms with E-state index in [0.717, 1.165) is 19.1 Å². The lowest BCUT2D eigenvalue weighted by atomic mass is 10.2. The number of alkyl halides is 6. The number of halogens is 8. The Labute approximate surface area is 314 Å². The summed E-state index contributed by atoms with van der Waals surface area (Å²) in [6.45, 7) is 12.4. The number of nitrogens with one attached hydrogen (secondary N) is 1. The fourth-order valence-electron chi connectivity index (χ4n) is 4.66. The first-order valence-corrected chi connectivity index (χ1v) is 16.4. The predicted octanol–water partition coefficient (Wildman–Crippen LogP) is 4.81. The molecule has 0 aromatic carbocycles. The average molecular weight is 815 g/mol. The van der Waals surface area contributed by atoms with Crippen LogP contribution in [0.4, 0.5) is 38.0 Å². The lowest BCUT2D eigenvalue weighted by Gasteiger charge is -2.28. The number of hydrogen-bond donors (Lipinski definition) is 3. The van der Waals surface area contributed by atoms with Crippen LogP contribution in [0.25, 0.3) is 0 Å². The van der Waals surface area contributed by atoms with Crippen molar-refractivity contribution in [1.29, 1.82) is 0 Å². The van der Waals surface area contributed by atoms with Crippen molar-refractivity contribution in [3.63, 3.8) is 0 Å². The predicted molar refractivity (Wildman–Crippen MR) is 182 cm³/mol. The zero-order valence-electron chi connectivity index (χ0n) is 29.5. The molecule has 14 nitrogen and oxygen atoms in total. The van der Waals surface area contributed by atoms with Crippen molar-refractivity contribution in [2.45, 2.75) is 53.9 Å². The van der Waals surface area contributed by atoms with Gasteiger partial charge in [0.15, 0.2) is 5.82 Å². The Kier molecular flexibility index (Phi) is 15.7. The summed E-state index contributed by atoms with van der Waals surface area (Å²) >= 11 is 11.0. The molecule has 2 aliphatic heterocycles. The molecule has 3 N–H and O–H groups in total. The highest BCUT2D eigenvalue weighted by molar-refractivity contribution is 6.31. The molecule has 0 saturated heterocycles. The Morgan fingerprint density at radius 2 is 1.19 bits per heavy atom. The number of carbonyl (C=O) groups is 5. The number of amides is 5. The highest BCUT2D eigenvalue weighted by atomic mass is 35.5. The molecule has 296 valence electrons. The lowest BCUT2D eigenvalue weighted by Crippen LogP contribution is -2.50. The van der Waals surface area contributed by atoms with Gasteiger partial charge < -0.3 is 15.1 Å². The van der Waals surface area contributed by atoms with Gasteiger partial charge in [-0.3, -0.25) is 29.4 Å². The van der Waals surface area contributed by atoms with Crippen LogP contribution in [0.5, 0.6) is 0 Å². The van der Waals surface area contributed by atoms with Gasteiger partial charge >= 0.3 is 12.4 Å². The first kappa shape index (κ1) is 45.5.